The first-order valence-electron chi connectivity index (χ1n) is 9.74. The Morgan fingerprint density at radius 1 is 0.857 bits per heavy atom. The van der Waals surface area contributed by atoms with Crippen LogP contribution in [0.25, 0.3) is 10.8 Å². The van der Waals surface area contributed by atoms with Crippen LogP contribution in [0.15, 0.2) is 84.1 Å². The van der Waals surface area contributed by atoms with Crippen molar-refractivity contribution >= 4 is 22.3 Å². The van der Waals surface area contributed by atoms with Crippen molar-refractivity contribution in [2.24, 2.45) is 0 Å². The topological polar surface area (TPSA) is 43.4 Å². The largest absolute Gasteiger partial charge is 0.485 e. The van der Waals surface area contributed by atoms with Crippen LogP contribution >= 0.6 is 0 Å². The average molecular weight is 368 g/mol. The van der Waals surface area contributed by atoms with Crippen LogP contribution in [0.5, 0.6) is 0 Å². The van der Waals surface area contributed by atoms with Gasteiger partial charge in [0.15, 0.2) is 11.9 Å². The van der Waals surface area contributed by atoms with Crippen LogP contribution in [0, 0.1) is 0 Å². The smallest absolute Gasteiger partial charge is 0.204 e. The first kappa shape index (κ1) is 16.9. The molecule has 3 heteroatoms. The molecule has 3 aromatic rings. The highest BCUT2D eigenvalue weighted by Crippen LogP contribution is 2.46. The molecule has 28 heavy (non-hydrogen) atoms. The summed E-state index contributed by atoms with van der Waals surface area (Å²) in [5, 5.41) is 2.17. The van der Waals surface area contributed by atoms with Crippen LogP contribution in [0.1, 0.15) is 41.1 Å². The summed E-state index contributed by atoms with van der Waals surface area (Å²) in [5.74, 6) is 0.397. The van der Waals surface area contributed by atoms with Gasteiger partial charge in [-0.1, -0.05) is 72.8 Å². The summed E-state index contributed by atoms with van der Waals surface area (Å²) in [7, 11) is 0. The highest BCUT2D eigenvalue weighted by Gasteiger charge is 2.46. The molecule has 0 amide bonds. The molecule has 0 saturated heterocycles. The zero-order valence-electron chi connectivity index (χ0n) is 15.4. The van der Waals surface area contributed by atoms with Gasteiger partial charge < -0.3 is 4.74 Å². The maximum absolute atomic E-state index is 13.4. The van der Waals surface area contributed by atoms with E-state index in [9.17, 15) is 9.59 Å². The first-order chi connectivity index (χ1) is 13.7. The van der Waals surface area contributed by atoms with Crippen molar-refractivity contribution < 1.29 is 14.3 Å². The predicted octanol–water partition coefficient (Wildman–Crippen LogP) is 5.21. The van der Waals surface area contributed by atoms with Gasteiger partial charge in [0.2, 0.25) is 5.78 Å². The van der Waals surface area contributed by atoms with Crippen LogP contribution in [0.4, 0.5) is 0 Å². The van der Waals surface area contributed by atoms with E-state index in [0.717, 1.165) is 29.2 Å². The molecule has 0 radical (unpaired) electrons. The van der Waals surface area contributed by atoms with E-state index >= 15 is 0 Å². The van der Waals surface area contributed by atoms with E-state index in [1.165, 1.54) is 0 Å². The van der Waals surface area contributed by atoms with E-state index in [1.54, 1.807) is 0 Å². The molecular formula is C25H20O3. The fourth-order valence-corrected chi connectivity index (χ4v) is 4.49. The number of fused-ring (bicyclic) bond motifs is 1. The highest BCUT2D eigenvalue weighted by atomic mass is 16.5. The van der Waals surface area contributed by atoms with Gasteiger partial charge in [-0.2, -0.15) is 0 Å². The minimum atomic E-state index is -0.694. The Morgan fingerprint density at radius 2 is 1.61 bits per heavy atom. The molecule has 1 aliphatic heterocycles. The lowest BCUT2D eigenvalue weighted by Crippen LogP contribution is -2.28. The molecule has 138 valence electrons. The Bertz CT molecular complexity index is 1110. The molecule has 5 rings (SSSR count). The summed E-state index contributed by atoms with van der Waals surface area (Å²) in [5.41, 5.74) is 2.31. The van der Waals surface area contributed by atoms with Gasteiger partial charge in [-0.3, -0.25) is 9.59 Å². The monoisotopic (exact) mass is 368 g/mol. The SMILES string of the molecule is O=C1CCCC2=C1C(c1cccc3ccccc13)C(C(=O)c1ccccc1)O2. The number of benzene rings is 3. The van der Waals surface area contributed by atoms with Crippen LogP contribution in [0.3, 0.4) is 0 Å². The lowest BCUT2D eigenvalue weighted by atomic mass is 9.78. The summed E-state index contributed by atoms with van der Waals surface area (Å²) >= 11 is 0. The summed E-state index contributed by atoms with van der Waals surface area (Å²) in [6.45, 7) is 0. The number of ether oxygens (including phenoxy) is 1. The van der Waals surface area contributed by atoms with Gasteiger partial charge in [-0.15, -0.1) is 0 Å². The normalized spacial score (nSPS) is 21.5. The molecule has 2 aliphatic rings. The number of hydrogen-bond acceptors (Lipinski definition) is 3. The quantitative estimate of drug-likeness (QED) is 0.596. The van der Waals surface area contributed by atoms with Crippen molar-refractivity contribution in [2.45, 2.75) is 31.3 Å². The molecule has 0 saturated carbocycles. The third-order valence-corrected chi connectivity index (χ3v) is 5.77. The Kier molecular flexibility index (Phi) is 4.09. The van der Waals surface area contributed by atoms with Crippen molar-refractivity contribution in [3.63, 3.8) is 0 Å². The minimum Gasteiger partial charge on any atom is -0.485 e. The highest BCUT2D eigenvalue weighted by molar-refractivity contribution is 6.06. The van der Waals surface area contributed by atoms with Gasteiger partial charge in [0.05, 0.1) is 5.92 Å². The van der Waals surface area contributed by atoms with Crippen LogP contribution < -0.4 is 0 Å². The Labute approximate surface area is 163 Å². The number of carbonyl (C=O) groups excluding carboxylic acids is 2. The zero-order chi connectivity index (χ0) is 19.1. The lowest BCUT2D eigenvalue weighted by molar-refractivity contribution is -0.116. The molecule has 2 atom stereocenters. The Balaban J connectivity index is 1.68. The van der Waals surface area contributed by atoms with Crippen LogP contribution in [-0.4, -0.2) is 17.7 Å². The van der Waals surface area contributed by atoms with E-state index in [-0.39, 0.29) is 17.5 Å². The van der Waals surface area contributed by atoms with Gasteiger partial charge in [-0.25, -0.2) is 0 Å². The van der Waals surface area contributed by atoms with Crippen molar-refractivity contribution in [3.05, 3.63) is 95.3 Å². The van der Waals surface area contributed by atoms with Crippen LogP contribution in [0.2, 0.25) is 0 Å². The zero-order valence-corrected chi connectivity index (χ0v) is 15.4. The molecule has 3 nitrogen and oxygen atoms in total. The maximum Gasteiger partial charge on any atom is 0.204 e. The summed E-state index contributed by atoms with van der Waals surface area (Å²) in [4.78, 5) is 26.2. The molecule has 2 unspecified atom stereocenters. The number of hydrogen-bond donors (Lipinski definition) is 0. The van der Waals surface area contributed by atoms with Gasteiger partial charge in [0.1, 0.15) is 5.76 Å². The lowest BCUT2D eigenvalue weighted by Gasteiger charge is -2.22. The third kappa shape index (κ3) is 2.66. The molecule has 0 aromatic heterocycles. The van der Waals surface area contributed by atoms with E-state index in [2.05, 4.69) is 18.2 Å². The average Bonchev–Trinajstić information content (AvgIpc) is 3.14. The third-order valence-electron chi connectivity index (χ3n) is 5.77. The predicted molar refractivity (Wildman–Crippen MR) is 108 cm³/mol. The number of carbonyl (C=O) groups is 2. The van der Waals surface area contributed by atoms with Crippen LogP contribution in [-0.2, 0) is 9.53 Å². The van der Waals surface area contributed by atoms with E-state index in [0.29, 0.717) is 23.3 Å². The minimum absolute atomic E-state index is 0.0688. The molecule has 0 fully saturated rings. The first-order valence-corrected chi connectivity index (χ1v) is 9.74. The van der Waals surface area contributed by atoms with Gasteiger partial charge in [-0.05, 0) is 22.8 Å². The number of ketones is 2. The van der Waals surface area contributed by atoms with Gasteiger partial charge >= 0.3 is 0 Å². The van der Waals surface area contributed by atoms with Crippen molar-refractivity contribution in [3.8, 4) is 0 Å². The Morgan fingerprint density at radius 3 is 2.46 bits per heavy atom. The van der Waals surface area contributed by atoms with E-state index in [4.69, 9.17) is 4.74 Å². The van der Waals surface area contributed by atoms with Crippen molar-refractivity contribution in [1.82, 2.24) is 0 Å². The fourth-order valence-electron chi connectivity index (χ4n) is 4.49. The second kappa shape index (κ2) is 6.75. The number of rotatable bonds is 3. The molecule has 0 bridgehead atoms. The molecule has 0 spiro atoms. The maximum atomic E-state index is 13.4. The standard InChI is InChI=1S/C25H20O3/c26-20-14-7-15-21-23(20)22(19-13-6-11-16-8-4-5-12-18(16)19)25(28-21)24(27)17-9-2-1-3-10-17/h1-6,8-13,22,25H,7,14-15H2. The Hall–Kier alpha value is -3.20. The summed E-state index contributed by atoms with van der Waals surface area (Å²) in [6, 6.07) is 23.4. The van der Waals surface area contributed by atoms with E-state index in [1.807, 2.05) is 54.6 Å². The number of Topliss-reactive ketones (excluding diaryl/α,β-unsaturated/α-hetero) is 2. The second-order valence-corrected chi connectivity index (χ2v) is 7.43. The van der Waals surface area contributed by atoms with Gasteiger partial charge in [0.25, 0.3) is 0 Å². The second-order valence-electron chi connectivity index (χ2n) is 7.43. The van der Waals surface area contributed by atoms with Gasteiger partial charge in [0, 0.05) is 24.0 Å². The van der Waals surface area contributed by atoms with Crippen molar-refractivity contribution in [1.29, 1.82) is 0 Å². The molecule has 0 N–H and O–H groups in total. The molecule has 1 aliphatic carbocycles. The number of allylic oxidation sites excluding steroid dienone is 1. The molecule has 1 heterocycles. The summed E-state index contributed by atoms with van der Waals surface area (Å²) in [6.07, 6.45) is 1.34. The van der Waals surface area contributed by atoms with E-state index < -0.39 is 6.10 Å². The van der Waals surface area contributed by atoms with Crippen molar-refractivity contribution in [2.75, 3.05) is 0 Å². The molecular weight excluding hydrogens is 348 g/mol. The molecule has 3 aromatic carbocycles. The fraction of sp³-hybridized carbons (Fsp3) is 0.200. The summed E-state index contributed by atoms with van der Waals surface area (Å²) < 4.78 is 6.18.